The Hall–Kier alpha value is -1.50. The van der Waals surface area contributed by atoms with Crippen LogP contribution in [0.25, 0.3) is 0 Å². The van der Waals surface area contributed by atoms with Gasteiger partial charge in [-0.25, -0.2) is 4.98 Å². The van der Waals surface area contributed by atoms with Crippen molar-refractivity contribution in [3.63, 3.8) is 0 Å². The number of hydrogen-bond acceptors (Lipinski definition) is 6. The fourth-order valence-corrected chi connectivity index (χ4v) is 3.42. The summed E-state index contributed by atoms with van der Waals surface area (Å²) in [6.45, 7) is 7.39. The molecule has 0 aliphatic rings. The molecule has 0 spiro atoms. The fraction of sp³-hybridized carbons (Fsp3) is 0.500. The number of nitrogens with zero attached hydrogens (tertiary/aromatic N) is 2. The summed E-state index contributed by atoms with van der Waals surface area (Å²) in [5.74, 6) is 2.15. The SMILES string of the molecule is COc1ccc(CCN(Cc2cnc(N)s2)CC(C)C)cc1OC.Cl. The lowest BCUT2D eigenvalue weighted by molar-refractivity contribution is 0.240. The van der Waals surface area contributed by atoms with Crippen LogP contribution in [-0.2, 0) is 13.0 Å². The highest BCUT2D eigenvalue weighted by molar-refractivity contribution is 7.15. The van der Waals surface area contributed by atoms with Gasteiger partial charge in [0, 0.05) is 30.7 Å². The van der Waals surface area contributed by atoms with E-state index in [2.05, 4.69) is 35.9 Å². The van der Waals surface area contributed by atoms with E-state index >= 15 is 0 Å². The molecule has 0 atom stereocenters. The molecule has 7 heteroatoms. The van der Waals surface area contributed by atoms with Crippen LogP contribution in [0.15, 0.2) is 24.4 Å². The maximum Gasteiger partial charge on any atom is 0.180 e. The normalized spacial score (nSPS) is 10.8. The van der Waals surface area contributed by atoms with Gasteiger partial charge in [0.1, 0.15) is 0 Å². The van der Waals surface area contributed by atoms with Crippen molar-refractivity contribution in [1.82, 2.24) is 9.88 Å². The second kappa shape index (κ2) is 10.5. The minimum absolute atomic E-state index is 0. The Kier molecular flexibility index (Phi) is 9.03. The second-order valence-electron chi connectivity index (χ2n) is 6.23. The summed E-state index contributed by atoms with van der Waals surface area (Å²) in [6, 6.07) is 6.11. The predicted octanol–water partition coefficient (Wildman–Crippen LogP) is 3.87. The molecule has 0 amide bonds. The molecule has 1 heterocycles. The zero-order valence-corrected chi connectivity index (χ0v) is 17.0. The van der Waals surface area contributed by atoms with E-state index in [1.807, 2.05) is 12.3 Å². The van der Waals surface area contributed by atoms with Crippen molar-refractivity contribution in [2.75, 3.05) is 33.0 Å². The standard InChI is InChI=1S/C18H27N3O2S.ClH/c1-13(2)11-21(12-15-10-20-18(19)24-15)8-7-14-5-6-16(22-3)17(9-14)23-4;/h5-6,9-10,13H,7-8,11-12H2,1-4H3,(H2,19,20);1H. The van der Waals surface area contributed by atoms with E-state index in [-0.39, 0.29) is 12.4 Å². The second-order valence-corrected chi connectivity index (χ2v) is 7.38. The molecule has 1 aromatic carbocycles. The molecular weight excluding hydrogens is 358 g/mol. The molecule has 140 valence electrons. The summed E-state index contributed by atoms with van der Waals surface area (Å²) in [4.78, 5) is 7.81. The number of nitrogen functional groups attached to an aromatic ring is 1. The number of thiazole rings is 1. The van der Waals surface area contributed by atoms with E-state index in [0.29, 0.717) is 11.0 Å². The molecule has 0 fully saturated rings. The predicted molar refractivity (Wildman–Crippen MR) is 107 cm³/mol. The maximum atomic E-state index is 5.74. The third-order valence-electron chi connectivity index (χ3n) is 3.74. The van der Waals surface area contributed by atoms with E-state index in [9.17, 15) is 0 Å². The van der Waals surface area contributed by atoms with Gasteiger partial charge in [0.2, 0.25) is 0 Å². The first-order valence-corrected chi connectivity index (χ1v) is 8.97. The van der Waals surface area contributed by atoms with Crippen molar-refractivity contribution >= 4 is 28.9 Å². The highest BCUT2D eigenvalue weighted by Gasteiger charge is 2.12. The summed E-state index contributed by atoms with van der Waals surface area (Å²) in [5.41, 5.74) is 6.98. The lowest BCUT2D eigenvalue weighted by Gasteiger charge is -2.23. The number of hydrogen-bond donors (Lipinski definition) is 1. The molecule has 0 radical (unpaired) electrons. The third-order valence-corrected chi connectivity index (χ3v) is 4.55. The van der Waals surface area contributed by atoms with Crippen LogP contribution in [-0.4, -0.2) is 37.2 Å². The minimum Gasteiger partial charge on any atom is -0.493 e. The summed E-state index contributed by atoms with van der Waals surface area (Å²) in [7, 11) is 3.32. The van der Waals surface area contributed by atoms with E-state index in [0.717, 1.165) is 37.6 Å². The lowest BCUT2D eigenvalue weighted by atomic mass is 10.1. The Morgan fingerprint density at radius 1 is 1.20 bits per heavy atom. The molecule has 2 N–H and O–H groups in total. The van der Waals surface area contributed by atoms with Crippen molar-refractivity contribution in [1.29, 1.82) is 0 Å². The Balaban J connectivity index is 0.00000312. The van der Waals surface area contributed by atoms with Crippen LogP contribution in [0.1, 0.15) is 24.3 Å². The summed E-state index contributed by atoms with van der Waals surface area (Å²) >= 11 is 1.56. The zero-order chi connectivity index (χ0) is 17.5. The fourth-order valence-electron chi connectivity index (χ4n) is 2.69. The van der Waals surface area contributed by atoms with Gasteiger partial charge >= 0.3 is 0 Å². The van der Waals surface area contributed by atoms with Gasteiger partial charge in [0.05, 0.1) is 14.2 Å². The topological polar surface area (TPSA) is 60.6 Å². The van der Waals surface area contributed by atoms with Crippen molar-refractivity contribution in [3.05, 3.63) is 34.8 Å². The van der Waals surface area contributed by atoms with Gasteiger partial charge in [-0.1, -0.05) is 19.9 Å². The Morgan fingerprint density at radius 3 is 2.48 bits per heavy atom. The van der Waals surface area contributed by atoms with Gasteiger partial charge < -0.3 is 15.2 Å². The van der Waals surface area contributed by atoms with Crippen LogP contribution in [0.2, 0.25) is 0 Å². The number of aromatic nitrogens is 1. The Bertz CT molecular complexity index is 649. The van der Waals surface area contributed by atoms with E-state index in [1.165, 1.54) is 10.4 Å². The molecule has 0 bridgehead atoms. The van der Waals surface area contributed by atoms with Crippen LogP contribution in [0.3, 0.4) is 0 Å². The number of benzene rings is 1. The first-order valence-electron chi connectivity index (χ1n) is 8.15. The molecule has 2 rings (SSSR count). The minimum atomic E-state index is 0. The first kappa shape index (κ1) is 21.5. The number of methoxy groups -OCH3 is 2. The zero-order valence-electron chi connectivity index (χ0n) is 15.3. The molecule has 0 aliphatic heterocycles. The summed E-state index contributed by atoms with van der Waals surface area (Å²) in [5, 5.41) is 0.634. The van der Waals surface area contributed by atoms with Crippen LogP contribution >= 0.6 is 23.7 Å². The van der Waals surface area contributed by atoms with Crippen LogP contribution < -0.4 is 15.2 Å². The molecule has 0 saturated heterocycles. The number of nitrogens with two attached hydrogens (primary N) is 1. The molecule has 1 aromatic heterocycles. The number of rotatable bonds is 9. The van der Waals surface area contributed by atoms with Crippen LogP contribution in [0.5, 0.6) is 11.5 Å². The van der Waals surface area contributed by atoms with Gasteiger partial charge in [-0.2, -0.15) is 0 Å². The van der Waals surface area contributed by atoms with E-state index in [1.54, 1.807) is 25.6 Å². The van der Waals surface area contributed by atoms with Gasteiger partial charge in [-0.05, 0) is 30.0 Å². The van der Waals surface area contributed by atoms with Crippen molar-refractivity contribution < 1.29 is 9.47 Å². The third kappa shape index (κ3) is 6.72. The Labute approximate surface area is 160 Å². The van der Waals surface area contributed by atoms with Gasteiger partial charge in [-0.3, -0.25) is 4.90 Å². The molecule has 25 heavy (non-hydrogen) atoms. The van der Waals surface area contributed by atoms with E-state index < -0.39 is 0 Å². The molecule has 0 saturated carbocycles. The van der Waals surface area contributed by atoms with Crippen LogP contribution in [0.4, 0.5) is 5.13 Å². The van der Waals surface area contributed by atoms with E-state index in [4.69, 9.17) is 15.2 Å². The monoisotopic (exact) mass is 385 g/mol. The van der Waals surface area contributed by atoms with Gasteiger partial charge in [0.15, 0.2) is 16.6 Å². The largest absolute Gasteiger partial charge is 0.493 e. The summed E-state index contributed by atoms with van der Waals surface area (Å²) in [6.07, 6.45) is 2.84. The van der Waals surface area contributed by atoms with Gasteiger partial charge in [0.25, 0.3) is 0 Å². The van der Waals surface area contributed by atoms with Crippen LogP contribution in [0, 0.1) is 5.92 Å². The highest BCUT2D eigenvalue weighted by atomic mass is 35.5. The number of anilines is 1. The smallest absolute Gasteiger partial charge is 0.180 e. The average Bonchev–Trinajstić information content (AvgIpc) is 2.96. The molecule has 5 nitrogen and oxygen atoms in total. The quantitative estimate of drug-likeness (QED) is 0.710. The molecule has 0 unspecified atom stereocenters. The average molecular weight is 386 g/mol. The molecule has 0 aliphatic carbocycles. The highest BCUT2D eigenvalue weighted by Crippen LogP contribution is 2.28. The maximum absolute atomic E-state index is 5.74. The van der Waals surface area contributed by atoms with Crippen molar-refractivity contribution in [2.24, 2.45) is 5.92 Å². The summed E-state index contributed by atoms with van der Waals surface area (Å²) < 4.78 is 10.7. The molecule has 2 aromatic rings. The number of ether oxygens (including phenoxy) is 2. The lowest BCUT2D eigenvalue weighted by Crippen LogP contribution is -2.29. The Morgan fingerprint density at radius 2 is 1.92 bits per heavy atom. The molecular formula is C18H28ClN3O2S. The van der Waals surface area contributed by atoms with Gasteiger partial charge in [-0.15, -0.1) is 23.7 Å². The first-order chi connectivity index (χ1) is 11.5. The number of halogens is 1. The van der Waals surface area contributed by atoms with Crippen molar-refractivity contribution in [2.45, 2.75) is 26.8 Å². The van der Waals surface area contributed by atoms with Crippen molar-refractivity contribution in [3.8, 4) is 11.5 Å².